The van der Waals surface area contributed by atoms with Crippen LogP contribution in [0.15, 0.2) is 17.5 Å². The number of thiol groups is 1. The van der Waals surface area contributed by atoms with Crippen LogP contribution in [0, 0.1) is 0 Å². The Morgan fingerprint density at radius 2 is 1.73 bits per heavy atom. The van der Waals surface area contributed by atoms with Crippen LogP contribution in [-0.4, -0.2) is 81.2 Å². The Kier molecular flexibility index (Phi) is 11.7. The fourth-order valence-corrected chi connectivity index (χ4v) is 2.88. The first-order valence-corrected chi connectivity index (χ1v) is 10.7. The van der Waals surface area contributed by atoms with Gasteiger partial charge in [0.05, 0.1) is 12.4 Å². The van der Waals surface area contributed by atoms with Crippen molar-refractivity contribution in [3.8, 4) is 0 Å². The summed E-state index contributed by atoms with van der Waals surface area (Å²) in [7, 11) is 0. The third-order valence-electron chi connectivity index (χ3n) is 4.40. The lowest BCUT2D eigenvalue weighted by Crippen LogP contribution is -2.57. The van der Waals surface area contributed by atoms with E-state index in [1.165, 1.54) is 19.4 Å². The van der Waals surface area contributed by atoms with E-state index in [4.69, 9.17) is 17.2 Å². The summed E-state index contributed by atoms with van der Waals surface area (Å²) in [6.07, 6.45) is 3.37. The summed E-state index contributed by atoms with van der Waals surface area (Å²) >= 11 is 3.92. The number of aliphatic imine (C=N–C) groups is 1. The first-order chi connectivity index (χ1) is 15.5. The first kappa shape index (κ1) is 27.7. The molecule has 0 fully saturated rings. The minimum Gasteiger partial charge on any atom is -0.480 e. The summed E-state index contributed by atoms with van der Waals surface area (Å²) in [6, 6.07) is -4.31. The molecular formula is C18H31N9O5S. The minimum absolute atomic E-state index is 0.00155. The minimum atomic E-state index is -1.27. The van der Waals surface area contributed by atoms with Gasteiger partial charge in [-0.05, 0) is 19.8 Å². The quantitative estimate of drug-likeness (QED) is 0.0557. The third kappa shape index (κ3) is 10.2. The summed E-state index contributed by atoms with van der Waals surface area (Å²) in [5, 5.41) is 16.6. The molecule has 14 nitrogen and oxygen atoms in total. The van der Waals surface area contributed by atoms with Crippen molar-refractivity contribution >= 4 is 42.3 Å². The van der Waals surface area contributed by atoms with Crippen LogP contribution in [0.25, 0.3) is 0 Å². The van der Waals surface area contributed by atoms with Crippen LogP contribution >= 0.6 is 12.6 Å². The number of aliphatic carboxylic acids is 1. The Morgan fingerprint density at radius 3 is 2.24 bits per heavy atom. The Labute approximate surface area is 195 Å². The molecule has 0 saturated heterocycles. The fourth-order valence-electron chi connectivity index (χ4n) is 2.63. The van der Waals surface area contributed by atoms with Gasteiger partial charge in [0.1, 0.15) is 18.1 Å². The van der Waals surface area contributed by atoms with E-state index < -0.39 is 47.9 Å². The van der Waals surface area contributed by atoms with E-state index in [-0.39, 0.29) is 31.1 Å². The number of carbonyl (C=O) groups is 4. The topological polar surface area (TPSA) is 244 Å². The molecule has 1 rings (SSSR count). The number of carbonyl (C=O) groups excluding carboxylic acids is 3. The van der Waals surface area contributed by atoms with Crippen molar-refractivity contribution in [1.29, 1.82) is 0 Å². The van der Waals surface area contributed by atoms with Crippen molar-refractivity contribution in [3.63, 3.8) is 0 Å². The fraction of sp³-hybridized carbons (Fsp3) is 0.556. The molecule has 184 valence electrons. The molecule has 0 aromatic carbocycles. The van der Waals surface area contributed by atoms with Crippen LogP contribution in [-0.2, 0) is 25.6 Å². The lowest BCUT2D eigenvalue weighted by atomic mass is 10.1. The predicted molar refractivity (Wildman–Crippen MR) is 123 cm³/mol. The summed E-state index contributed by atoms with van der Waals surface area (Å²) < 4.78 is 0. The first-order valence-electron chi connectivity index (χ1n) is 10.1. The molecule has 0 aliphatic rings. The molecule has 4 atom stereocenters. The van der Waals surface area contributed by atoms with Crippen LogP contribution in [0.2, 0.25) is 0 Å². The van der Waals surface area contributed by atoms with Gasteiger partial charge in [-0.15, -0.1) is 0 Å². The zero-order valence-corrected chi connectivity index (χ0v) is 19.0. The lowest BCUT2D eigenvalue weighted by Gasteiger charge is -2.24. The van der Waals surface area contributed by atoms with Crippen molar-refractivity contribution in [2.75, 3.05) is 12.3 Å². The van der Waals surface area contributed by atoms with Gasteiger partial charge in [-0.2, -0.15) is 12.6 Å². The van der Waals surface area contributed by atoms with Crippen molar-refractivity contribution < 1.29 is 24.3 Å². The van der Waals surface area contributed by atoms with Gasteiger partial charge >= 0.3 is 5.97 Å². The molecule has 0 aliphatic heterocycles. The summed E-state index contributed by atoms with van der Waals surface area (Å²) in [6.45, 7) is 1.68. The standard InChI is InChI=1S/C18H31N9O5S/c1-9(19)14(28)25-11(3-2-4-23-18(20)21)15(29)26-12(5-10-6-22-8-24-10)16(30)27-13(7-33)17(31)32/h6,8-9,11-13,33H,2-5,7,19H2,1H3,(H,22,24)(H,25,28)(H,26,29)(H,27,30)(H,31,32)(H4,20,21,23). The number of nitrogens with one attached hydrogen (secondary N) is 4. The second-order valence-corrected chi connectivity index (χ2v) is 7.59. The van der Waals surface area contributed by atoms with Crippen LogP contribution in [0.4, 0.5) is 0 Å². The second kappa shape index (κ2) is 13.9. The highest BCUT2D eigenvalue weighted by Gasteiger charge is 2.30. The van der Waals surface area contributed by atoms with Crippen LogP contribution in [0.3, 0.4) is 0 Å². The highest BCUT2D eigenvalue weighted by Crippen LogP contribution is 2.04. The maximum atomic E-state index is 13.0. The average molecular weight is 486 g/mol. The van der Waals surface area contributed by atoms with E-state index >= 15 is 0 Å². The van der Waals surface area contributed by atoms with Gasteiger partial charge in [0.15, 0.2) is 5.96 Å². The molecule has 0 spiro atoms. The number of carboxylic acid groups (broad SMARTS) is 1. The number of aromatic amines is 1. The number of aromatic nitrogens is 2. The van der Waals surface area contributed by atoms with E-state index in [1.807, 2.05) is 0 Å². The van der Waals surface area contributed by atoms with Gasteiger partial charge in [-0.25, -0.2) is 9.78 Å². The van der Waals surface area contributed by atoms with E-state index in [2.05, 4.69) is 43.5 Å². The zero-order chi connectivity index (χ0) is 25.0. The molecule has 4 unspecified atom stereocenters. The van der Waals surface area contributed by atoms with Crippen molar-refractivity contribution in [2.24, 2.45) is 22.2 Å². The molecule has 1 aromatic rings. The third-order valence-corrected chi connectivity index (χ3v) is 4.77. The highest BCUT2D eigenvalue weighted by molar-refractivity contribution is 7.80. The number of imidazole rings is 1. The summed E-state index contributed by atoms with van der Waals surface area (Å²) in [5.74, 6) is -3.49. The van der Waals surface area contributed by atoms with Gasteiger partial charge < -0.3 is 43.2 Å². The number of H-pyrrole nitrogens is 1. The van der Waals surface area contributed by atoms with E-state index in [0.29, 0.717) is 12.1 Å². The van der Waals surface area contributed by atoms with Gasteiger partial charge in [0.2, 0.25) is 17.7 Å². The number of guanidine groups is 1. The number of hydrogen-bond donors (Lipinski definition) is 9. The normalized spacial score (nSPS) is 14.3. The molecule has 0 radical (unpaired) electrons. The molecule has 1 aromatic heterocycles. The molecule has 1 heterocycles. The highest BCUT2D eigenvalue weighted by atomic mass is 32.1. The number of hydrogen-bond acceptors (Lipinski definition) is 8. The van der Waals surface area contributed by atoms with Gasteiger partial charge in [0.25, 0.3) is 0 Å². The largest absolute Gasteiger partial charge is 0.480 e. The maximum absolute atomic E-state index is 13.0. The van der Waals surface area contributed by atoms with Crippen LogP contribution < -0.4 is 33.2 Å². The van der Waals surface area contributed by atoms with Crippen molar-refractivity contribution in [3.05, 3.63) is 18.2 Å². The lowest BCUT2D eigenvalue weighted by molar-refractivity contribution is -0.141. The Bertz CT molecular complexity index is 827. The average Bonchev–Trinajstić information content (AvgIpc) is 3.25. The van der Waals surface area contributed by atoms with Gasteiger partial charge in [-0.1, -0.05) is 0 Å². The Morgan fingerprint density at radius 1 is 1.12 bits per heavy atom. The van der Waals surface area contributed by atoms with E-state index in [0.717, 1.165) is 0 Å². The number of amides is 3. The molecule has 11 N–H and O–H groups in total. The molecule has 15 heteroatoms. The molecular weight excluding hydrogens is 454 g/mol. The van der Waals surface area contributed by atoms with E-state index in [9.17, 15) is 24.3 Å². The number of nitrogens with zero attached hydrogens (tertiary/aromatic N) is 2. The van der Waals surface area contributed by atoms with Crippen LogP contribution in [0.5, 0.6) is 0 Å². The Hall–Kier alpha value is -3.33. The molecule has 33 heavy (non-hydrogen) atoms. The number of carboxylic acids is 1. The van der Waals surface area contributed by atoms with Crippen molar-refractivity contribution in [1.82, 2.24) is 25.9 Å². The van der Waals surface area contributed by atoms with E-state index in [1.54, 1.807) is 0 Å². The van der Waals surface area contributed by atoms with Gasteiger partial charge in [0, 0.05) is 30.6 Å². The molecule has 0 bridgehead atoms. The maximum Gasteiger partial charge on any atom is 0.327 e. The number of nitrogens with two attached hydrogens (primary N) is 3. The smallest absolute Gasteiger partial charge is 0.327 e. The van der Waals surface area contributed by atoms with Gasteiger partial charge in [-0.3, -0.25) is 19.4 Å². The zero-order valence-electron chi connectivity index (χ0n) is 18.2. The SMILES string of the molecule is CC(N)C(=O)NC(CCCN=C(N)N)C(=O)NC(Cc1cnc[nH]1)C(=O)NC(CS)C(=O)O. The molecule has 0 saturated carbocycles. The molecule has 0 aliphatic carbocycles. The monoisotopic (exact) mass is 485 g/mol. The van der Waals surface area contributed by atoms with Crippen LogP contribution in [0.1, 0.15) is 25.5 Å². The molecule has 3 amide bonds. The second-order valence-electron chi connectivity index (χ2n) is 7.22. The predicted octanol–water partition coefficient (Wildman–Crippen LogP) is -3.18. The Balaban J connectivity index is 3.00. The summed E-state index contributed by atoms with van der Waals surface area (Å²) in [5.41, 5.74) is 16.7. The number of rotatable bonds is 14. The summed E-state index contributed by atoms with van der Waals surface area (Å²) in [4.78, 5) is 59.6. The van der Waals surface area contributed by atoms with Crippen molar-refractivity contribution in [2.45, 2.75) is 50.4 Å².